The van der Waals surface area contributed by atoms with Gasteiger partial charge in [-0.05, 0) is 31.7 Å². The zero-order chi connectivity index (χ0) is 15.1. The highest BCUT2D eigenvalue weighted by Crippen LogP contribution is 2.17. The number of carboxylic acids is 1. The number of rotatable bonds is 7. The minimum atomic E-state index is -0.832. The van der Waals surface area contributed by atoms with Crippen LogP contribution in [0.5, 0.6) is 0 Å². The largest absolute Gasteiger partial charge is 0.480 e. The number of carboxylic acid groups (broad SMARTS) is 1. The highest BCUT2D eigenvalue weighted by atomic mass is 16.4. The Hall–Kier alpha value is -1.85. The first-order valence-corrected chi connectivity index (χ1v) is 7.78. The summed E-state index contributed by atoms with van der Waals surface area (Å²) in [5.41, 5.74) is 0. The molecule has 2 N–H and O–H groups in total. The topological polar surface area (TPSA) is 78.4 Å². The first-order valence-electron chi connectivity index (χ1n) is 7.78. The van der Waals surface area contributed by atoms with Crippen molar-refractivity contribution in [3.05, 3.63) is 12.3 Å². The van der Waals surface area contributed by atoms with E-state index in [-0.39, 0.29) is 0 Å². The third-order valence-corrected chi connectivity index (χ3v) is 3.75. The quantitative estimate of drug-likeness (QED) is 0.804. The number of hydrogen-bond donors (Lipinski definition) is 2. The molecule has 1 saturated heterocycles. The molecule has 0 bridgehead atoms. The van der Waals surface area contributed by atoms with Crippen molar-refractivity contribution in [2.45, 2.75) is 51.5 Å². The molecule has 0 aliphatic carbocycles. The molecular formula is C15H24N4O2. The van der Waals surface area contributed by atoms with Gasteiger partial charge in [-0.3, -0.25) is 0 Å². The summed E-state index contributed by atoms with van der Waals surface area (Å²) in [5, 5.41) is 12.3. The minimum absolute atomic E-state index is 0.589. The maximum atomic E-state index is 11.3. The van der Waals surface area contributed by atoms with E-state index in [1.807, 2.05) is 0 Å². The van der Waals surface area contributed by atoms with Crippen molar-refractivity contribution in [2.75, 3.05) is 23.3 Å². The van der Waals surface area contributed by atoms with Gasteiger partial charge < -0.3 is 15.3 Å². The fourth-order valence-corrected chi connectivity index (χ4v) is 2.52. The van der Waals surface area contributed by atoms with E-state index < -0.39 is 12.0 Å². The molecule has 1 atom stereocenters. The molecular weight excluding hydrogens is 268 g/mol. The van der Waals surface area contributed by atoms with Gasteiger partial charge in [-0.2, -0.15) is 4.98 Å². The van der Waals surface area contributed by atoms with Crippen molar-refractivity contribution < 1.29 is 9.90 Å². The maximum absolute atomic E-state index is 11.3. The molecule has 2 heterocycles. The second-order valence-electron chi connectivity index (χ2n) is 5.47. The highest BCUT2D eigenvalue weighted by molar-refractivity contribution is 5.76. The molecule has 2 rings (SSSR count). The Morgan fingerprint density at radius 3 is 2.86 bits per heavy atom. The van der Waals surface area contributed by atoms with Gasteiger partial charge in [0, 0.05) is 19.3 Å². The average molecular weight is 292 g/mol. The zero-order valence-corrected chi connectivity index (χ0v) is 12.6. The molecule has 21 heavy (non-hydrogen) atoms. The number of unbranched alkanes of at least 4 members (excludes halogenated alkanes) is 1. The van der Waals surface area contributed by atoms with Gasteiger partial charge >= 0.3 is 5.97 Å². The van der Waals surface area contributed by atoms with Gasteiger partial charge in [-0.25, -0.2) is 9.78 Å². The van der Waals surface area contributed by atoms with Crippen LogP contribution in [0.15, 0.2) is 12.3 Å². The van der Waals surface area contributed by atoms with Crippen LogP contribution >= 0.6 is 0 Å². The molecule has 1 aromatic heterocycles. The second-order valence-corrected chi connectivity index (χ2v) is 5.47. The summed E-state index contributed by atoms with van der Waals surface area (Å²) < 4.78 is 0. The maximum Gasteiger partial charge on any atom is 0.326 e. The van der Waals surface area contributed by atoms with Crippen LogP contribution in [-0.4, -0.2) is 40.2 Å². The Morgan fingerprint density at radius 2 is 2.19 bits per heavy atom. The summed E-state index contributed by atoms with van der Waals surface area (Å²) in [6.45, 7) is 4.00. The van der Waals surface area contributed by atoms with Crippen LogP contribution < -0.4 is 10.2 Å². The third-order valence-electron chi connectivity index (χ3n) is 3.75. The molecule has 6 heteroatoms. The monoisotopic (exact) mass is 292 g/mol. The fourth-order valence-electron chi connectivity index (χ4n) is 2.52. The predicted molar refractivity (Wildman–Crippen MR) is 82.7 cm³/mol. The van der Waals surface area contributed by atoms with Gasteiger partial charge in [0.2, 0.25) is 5.95 Å². The molecule has 116 valence electrons. The second kappa shape index (κ2) is 7.81. The van der Waals surface area contributed by atoms with E-state index in [0.29, 0.717) is 18.2 Å². The van der Waals surface area contributed by atoms with E-state index in [2.05, 4.69) is 27.1 Å². The van der Waals surface area contributed by atoms with Crippen LogP contribution in [-0.2, 0) is 4.79 Å². The molecule has 0 radical (unpaired) electrons. The number of nitrogens with one attached hydrogen (secondary N) is 1. The summed E-state index contributed by atoms with van der Waals surface area (Å²) in [5.74, 6) is 0.454. The first-order chi connectivity index (χ1) is 10.2. The smallest absolute Gasteiger partial charge is 0.326 e. The van der Waals surface area contributed by atoms with Crippen LogP contribution in [0, 0.1) is 0 Å². The number of piperidine rings is 1. The molecule has 1 aliphatic rings. The number of anilines is 2. The summed E-state index contributed by atoms with van der Waals surface area (Å²) in [6, 6.07) is 1.14. The highest BCUT2D eigenvalue weighted by Gasteiger charge is 2.18. The van der Waals surface area contributed by atoms with E-state index in [9.17, 15) is 9.90 Å². The molecule has 1 fully saturated rings. The van der Waals surface area contributed by atoms with Crippen LogP contribution in [0.4, 0.5) is 11.8 Å². The average Bonchev–Trinajstić information content (AvgIpc) is 2.52. The molecule has 0 amide bonds. The van der Waals surface area contributed by atoms with E-state index in [0.717, 1.165) is 38.8 Å². The van der Waals surface area contributed by atoms with Crippen molar-refractivity contribution in [3.63, 3.8) is 0 Å². The van der Waals surface area contributed by atoms with Gasteiger partial charge in [0.1, 0.15) is 11.9 Å². The van der Waals surface area contributed by atoms with Crippen molar-refractivity contribution in [2.24, 2.45) is 0 Å². The summed E-state index contributed by atoms with van der Waals surface area (Å²) in [4.78, 5) is 22.2. The molecule has 1 unspecified atom stereocenters. The number of aromatic nitrogens is 2. The summed E-state index contributed by atoms with van der Waals surface area (Å²) >= 11 is 0. The number of aliphatic carboxylic acids is 1. The van der Waals surface area contributed by atoms with Crippen molar-refractivity contribution in [1.82, 2.24) is 9.97 Å². The Kier molecular flexibility index (Phi) is 5.78. The molecule has 1 aliphatic heterocycles. The molecule has 0 aromatic carbocycles. The van der Waals surface area contributed by atoms with E-state index in [1.165, 1.54) is 6.42 Å². The third kappa shape index (κ3) is 4.58. The molecule has 0 saturated carbocycles. The zero-order valence-electron chi connectivity index (χ0n) is 12.6. The fraction of sp³-hybridized carbons (Fsp3) is 0.667. The van der Waals surface area contributed by atoms with Crippen LogP contribution in [0.25, 0.3) is 0 Å². The standard InChI is InChI=1S/C15H24N4O2/c1-2-3-7-12(14(20)21)17-13-8-9-16-15(18-13)19-10-5-4-6-11-19/h8-9,12H,2-7,10-11H2,1H3,(H,20,21)(H,16,17,18). The van der Waals surface area contributed by atoms with Gasteiger partial charge in [0.05, 0.1) is 0 Å². The Labute approximate surface area is 125 Å². The Morgan fingerprint density at radius 1 is 1.43 bits per heavy atom. The van der Waals surface area contributed by atoms with Crippen LogP contribution in [0.3, 0.4) is 0 Å². The summed E-state index contributed by atoms with van der Waals surface area (Å²) in [7, 11) is 0. The molecule has 0 spiro atoms. The lowest BCUT2D eigenvalue weighted by Gasteiger charge is -2.27. The Bertz CT molecular complexity index is 461. The lowest BCUT2D eigenvalue weighted by molar-refractivity contribution is -0.138. The lowest BCUT2D eigenvalue weighted by atomic mass is 10.1. The first kappa shape index (κ1) is 15.5. The van der Waals surface area contributed by atoms with Gasteiger partial charge in [0.15, 0.2) is 0 Å². The number of nitrogens with zero attached hydrogens (tertiary/aromatic N) is 3. The van der Waals surface area contributed by atoms with E-state index in [1.54, 1.807) is 12.3 Å². The van der Waals surface area contributed by atoms with Crippen LogP contribution in [0.1, 0.15) is 45.4 Å². The van der Waals surface area contributed by atoms with Crippen LogP contribution in [0.2, 0.25) is 0 Å². The number of carbonyl (C=O) groups is 1. The lowest BCUT2D eigenvalue weighted by Crippen LogP contribution is -2.32. The van der Waals surface area contributed by atoms with E-state index in [4.69, 9.17) is 0 Å². The van der Waals surface area contributed by atoms with Gasteiger partial charge in [0.25, 0.3) is 0 Å². The number of hydrogen-bond acceptors (Lipinski definition) is 5. The minimum Gasteiger partial charge on any atom is -0.480 e. The SMILES string of the molecule is CCCCC(Nc1ccnc(N2CCCCC2)n1)C(=O)O. The normalized spacial score (nSPS) is 16.5. The van der Waals surface area contributed by atoms with E-state index >= 15 is 0 Å². The predicted octanol–water partition coefficient (Wildman–Crippen LogP) is 2.52. The van der Waals surface area contributed by atoms with Gasteiger partial charge in [-0.1, -0.05) is 19.8 Å². The molecule has 1 aromatic rings. The molecule has 6 nitrogen and oxygen atoms in total. The van der Waals surface area contributed by atoms with Gasteiger partial charge in [-0.15, -0.1) is 0 Å². The van der Waals surface area contributed by atoms with Crippen molar-refractivity contribution >= 4 is 17.7 Å². The summed E-state index contributed by atoms with van der Waals surface area (Å²) in [6.07, 6.45) is 7.74. The Balaban J connectivity index is 2.03. The van der Waals surface area contributed by atoms with Crippen molar-refractivity contribution in [1.29, 1.82) is 0 Å². The van der Waals surface area contributed by atoms with Crippen molar-refractivity contribution in [3.8, 4) is 0 Å².